The topological polar surface area (TPSA) is 38.1 Å². The minimum absolute atomic E-state index is 0.168. The van der Waals surface area contributed by atoms with Gasteiger partial charge in [-0.2, -0.15) is 0 Å². The fourth-order valence-corrected chi connectivity index (χ4v) is 3.58. The molecule has 1 amide bonds. The Labute approximate surface area is 149 Å². The van der Waals surface area contributed by atoms with Gasteiger partial charge in [0.2, 0.25) is 0 Å². The molecule has 24 heavy (non-hydrogen) atoms. The number of hydrogen-bond acceptors (Lipinski definition) is 2. The van der Waals surface area contributed by atoms with Crippen molar-refractivity contribution in [1.82, 2.24) is 9.55 Å². The van der Waals surface area contributed by atoms with Gasteiger partial charge in [0.25, 0.3) is 5.91 Å². The number of amides is 1. The Kier molecular flexibility index (Phi) is 3.59. The van der Waals surface area contributed by atoms with Crippen molar-refractivity contribution in [3.8, 4) is 0 Å². The maximum Gasteiger partial charge on any atom is 0.294 e. The maximum absolute atomic E-state index is 12.8. The number of imidazole rings is 1. The van der Waals surface area contributed by atoms with Gasteiger partial charge in [-0.05, 0) is 29.8 Å². The van der Waals surface area contributed by atoms with Crippen LogP contribution in [0.25, 0.3) is 0 Å². The van der Waals surface area contributed by atoms with Gasteiger partial charge >= 0.3 is 0 Å². The summed E-state index contributed by atoms with van der Waals surface area (Å²) in [6.07, 6.45) is 3.42. The zero-order valence-electron chi connectivity index (χ0n) is 12.8. The number of carbonyl (C=O) groups is 1. The van der Waals surface area contributed by atoms with Crippen LogP contribution in [0.2, 0.25) is 10.0 Å². The number of nitrogens with zero attached hydrogens (tertiary/aromatic N) is 3. The van der Waals surface area contributed by atoms with Gasteiger partial charge in [-0.25, -0.2) is 4.98 Å². The zero-order valence-corrected chi connectivity index (χ0v) is 14.3. The van der Waals surface area contributed by atoms with Gasteiger partial charge in [-0.1, -0.05) is 41.4 Å². The van der Waals surface area contributed by atoms with Gasteiger partial charge in [0.05, 0.1) is 6.04 Å². The predicted molar refractivity (Wildman–Crippen MR) is 95.1 cm³/mol. The first kappa shape index (κ1) is 15.2. The summed E-state index contributed by atoms with van der Waals surface area (Å²) >= 11 is 12.7. The van der Waals surface area contributed by atoms with E-state index in [-0.39, 0.29) is 11.9 Å². The monoisotopic (exact) mass is 357 g/mol. The van der Waals surface area contributed by atoms with E-state index in [9.17, 15) is 4.79 Å². The second kappa shape index (κ2) is 5.65. The van der Waals surface area contributed by atoms with Crippen molar-refractivity contribution in [2.45, 2.75) is 6.04 Å². The predicted octanol–water partition coefficient (Wildman–Crippen LogP) is 4.42. The van der Waals surface area contributed by atoms with E-state index in [1.165, 1.54) is 0 Å². The molecule has 3 aromatic rings. The average molecular weight is 358 g/mol. The van der Waals surface area contributed by atoms with Gasteiger partial charge in [0, 0.05) is 40.7 Å². The third-order valence-electron chi connectivity index (χ3n) is 4.29. The molecule has 0 spiro atoms. The molecule has 0 aliphatic carbocycles. The van der Waals surface area contributed by atoms with Crippen molar-refractivity contribution in [3.05, 3.63) is 81.9 Å². The molecule has 4 nitrogen and oxygen atoms in total. The van der Waals surface area contributed by atoms with E-state index in [2.05, 4.69) is 4.98 Å². The summed E-state index contributed by atoms with van der Waals surface area (Å²) in [5.41, 5.74) is 2.59. The molecule has 120 valence electrons. The minimum atomic E-state index is -0.279. The average Bonchev–Trinajstić information content (AvgIpc) is 3.02. The minimum Gasteiger partial charge on any atom is -0.315 e. The van der Waals surface area contributed by atoms with Crippen molar-refractivity contribution >= 4 is 34.8 Å². The van der Waals surface area contributed by atoms with Gasteiger partial charge < -0.3 is 9.47 Å². The van der Waals surface area contributed by atoms with Crippen molar-refractivity contribution < 1.29 is 4.79 Å². The molecular weight excluding hydrogens is 345 g/mol. The Hall–Kier alpha value is -2.30. The Bertz CT molecular complexity index is 951. The number of rotatable bonds is 1. The molecule has 0 N–H and O–H groups in total. The summed E-state index contributed by atoms with van der Waals surface area (Å²) in [6, 6.07) is 12.8. The summed E-state index contributed by atoms with van der Waals surface area (Å²) < 4.78 is 1.85. The van der Waals surface area contributed by atoms with Gasteiger partial charge in [0.15, 0.2) is 5.82 Å². The lowest BCUT2D eigenvalue weighted by atomic mass is 9.96. The fourth-order valence-electron chi connectivity index (χ4n) is 3.16. The van der Waals surface area contributed by atoms with Crippen LogP contribution in [0.15, 0.2) is 54.9 Å². The van der Waals surface area contributed by atoms with Crippen LogP contribution in [-0.2, 0) is 0 Å². The van der Waals surface area contributed by atoms with Crippen LogP contribution in [-0.4, -0.2) is 22.5 Å². The van der Waals surface area contributed by atoms with E-state index >= 15 is 0 Å². The standard InChI is InChI=1S/C18H13Cl2N3O/c1-22-15-7-6-11(19)10-13(15)16(12-4-2-3-5-14(12)20)23-9-8-21-17(23)18(22)24/h2-10,16H,1H3. The maximum atomic E-state index is 12.8. The first-order valence-corrected chi connectivity index (χ1v) is 8.18. The normalized spacial score (nSPS) is 16.5. The first-order chi connectivity index (χ1) is 11.6. The molecule has 4 rings (SSSR count). The van der Waals surface area contributed by atoms with Crippen LogP contribution < -0.4 is 4.90 Å². The number of fused-ring (bicyclic) bond motifs is 2. The molecule has 1 aliphatic rings. The van der Waals surface area contributed by atoms with E-state index < -0.39 is 0 Å². The van der Waals surface area contributed by atoms with Gasteiger partial charge in [-0.3, -0.25) is 4.79 Å². The lowest BCUT2D eigenvalue weighted by Crippen LogP contribution is -2.27. The Morgan fingerprint density at radius 3 is 2.67 bits per heavy atom. The zero-order chi connectivity index (χ0) is 16.8. The lowest BCUT2D eigenvalue weighted by Gasteiger charge is -2.23. The molecule has 0 bridgehead atoms. The largest absolute Gasteiger partial charge is 0.315 e. The lowest BCUT2D eigenvalue weighted by molar-refractivity contribution is 0.0981. The number of halogens is 2. The van der Waals surface area contributed by atoms with Gasteiger partial charge in [0.1, 0.15) is 0 Å². The molecule has 2 aromatic carbocycles. The van der Waals surface area contributed by atoms with E-state index in [1.54, 1.807) is 30.4 Å². The highest BCUT2D eigenvalue weighted by Crippen LogP contribution is 2.40. The molecule has 0 saturated carbocycles. The molecule has 0 saturated heterocycles. The van der Waals surface area contributed by atoms with Crippen molar-refractivity contribution in [3.63, 3.8) is 0 Å². The first-order valence-electron chi connectivity index (χ1n) is 7.42. The molecule has 1 atom stereocenters. The summed E-state index contributed by atoms with van der Waals surface area (Å²) in [5, 5.41) is 1.24. The summed E-state index contributed by atoms with van der Waals surface area (Å²) in [6.45, 7) is 0. The number of anilines is 1. The van der Waals surface area contributed by atoms with Crippen LogP contribution in [0.3, 0.4) is 0 Å². The summed E-state index contributed by atoms with van der Waals surface area (Å²) in [4.78, 5) is 18.6. The smallest absolute Gasteiger partial charge is 0.294 e. The molecule has 6 heteroatoms. The number of hydrogen-bond donors (Lipinski definition) is 0. The molecule has 1 aromatic heterocycles. The van der Waals surface area contributed by atoms with Crippen molar-refractivity contribution in [2.24, 2.45) is 0 Å². The highest BCUT2D eigenvalue weighted by Gasteiger charge is 2.33. The van der Waals surface area contributed by atoms with E-state index in [1.807, 2.05) is 41.0 Å². The number of benzene rings is 2. The van der Waals surface area contributed by atoms with Crippen molar-refractivity contribution in [1.29, 1.82) is 0 Å². The molecule has 1 unspecified atom stereocenters. The Morgan fingerprint density at radius 1 is 1.08 bits per heavy atom. The van der Waals surface area contributed by atoms with Crippen LogP contribution >= 0.6 is 23.2 Å². The summed E-state index contributed by atoms with van der Waals surface area (Å²) in [5.74, 6) is 0.202. The molecule has 2 heterocycles. The van der Waals surface area contributed by atoms with E-state index in [4.69, 9.17) is 23.2 Å². The van der Waals surface area contributed by atoms with Gasteiger partial charge in [-0.15, -0.1) is 0 Å². The third kappa shape index (κ3) is 2.22. The fraction of sp³-hybridized carbons (Fsp3) is 0.111. The van der Waals surface area contributed by atoms with Crippen molar-refractivity contribution in [2.75, 3.05) is 11.9 Å². The highest BCUT2D eigenvalue weighted by atomic mass is 35.5. The van der Waals surface area contributed by atoms with Crippen LogP contribution in [0.4, 0.5) is 5.69 Å². The van der Waals surface area contributed by atoms with Crippen LogP contribution in [0.5, 0.6) is 0 Å². The van der Waals surface area contributed by atoms with Crippen LogP contribution in [0, 0.1) is 0 Å². The molecule has 0 fully saturated rings. The van der Waals surface area contributed by atoms with Crippen LogP contribution in [0.1, 0.15) is 27.8 Å². The second-order valence-electron chi connectivity index (χ2n) is 5.65. The third-order valence-corrected chi connectivity index (χ3v) is 4.87. The SMILES string of the molecule is CN1C(=O)c2nccn2C(c2ccccc2Cl)c2cc(Cl)ccc21. The van der Waals surface area contributed by atoms with E-state index in [0.717, 1.165) is 16.8 Å². The highest BCUT2D eigenvalue weighted by molar-refractivity contribution is 6.31. The molecular formula is C18H13Cl2N3O. The Balaban J connectivity index is 2.08. The Morgan fingerprint density at radius 2 is 1.88 bits per heavy atom. The summed E-state index contributed by atoms with van der Waals surface area (Å²) in [7, 11) is 1.74. The quantitative estimate of drug-likeness (QED) is 0.646. The second-order valence-corrected chi connectivity index (χ2v) is 6.49. The molecule has 0 radical (unpaired) electrons. The number of carbonyl (C=O) groups excluding carboxylic acids is 1. The molecule has 1 aliphatic heterocycles. The van der Waals surface area contributed by atoms with E-state index in [0.29, 0.717) is 15.9 Å². The number of aromatic nitrogens is 2.